The van der Waals surface area contributed by atoms with E-state index >= 15 is 0 Å². The molecule has 4 rings (SSSR count). The number of pyridine rings is 1. The van der Waals surface area contributed by atoms with Crippen LogP contribution in [0.2, 0.25) is 0 Å². The van der Waals surface area contributed by atoms with Crippen molar-refractivity contribution in [1.29, 1.82) is 0 Å². The molecule has 3 heteroatoms. The van der Waals surface area contributed by atoms with Gasteiger partial charge in [-0.15, -0.1) is 0 Å². The minimum Gasteiger partial charge on any atom is -0.385 e. The second kappa shape index (κ2) is 7.11. The maximum atomic E-state index is 11.0. The van der Waals surface area contributed by atoms with E-state index in [0.717, 1.165) is 50.8 Å². The summed E-state index contributed by atoms with van der Waals surface area (Å²) in [6.45, 7) is 2.15. The average molecular weight is 334 g/mol. The molecule has 0 radical (unpaired) electrons. The molecule has 1 aromatic carbocycles. The number of aliphatic hydroxyl groups is 1. The van der Waals surface area contributed by atoms with Crippen LogP contribution in [0.25, 0.3) is 5.57 Å². The van der Waals surface area contributed by atoms with Gasteiger partial charge in [0.2, 0.25) is 0 Å². The normalized spacial score (nSPS) is 27.7. The van der Waals surface area contributed by atoms with Crippen LogP contribution in [-0.2, 0) is 5.60 Å². The average Bonchev–Trinajstić information content (AvgIpc) is 2.70. The number of hydrogen-bond acceptors (Lipinski definition) is 3. The summed E-state index contributed by atoms with van der Waals surface area (Å²) < 4.78 is 0. The minimum absolute atomic E-state index is 0.588. The molecule has 25 heavy (non-hydrogen) atoms. The summed E-state index contributed by atoms with van der Waals surface area (Å²) in [6.07, 6.45) is 10.9. The topological polar surface area (TPSA) is 36.4 Å². The van der Waals surface area contributed by atoms with Gasteiger partial charge in [-0.25, -0.2) is 0 Å². The van der Waals surface area contributed by atoms with Crippen LogP contribution < -0.4 is 0 Å². The van der Waals surface area contributed by atoms with Crippen molar-refractivity contribution in [2.75, 3.05) is 13.1 Å². The van der Waals surface area contributed by atoms with Gasteiger partial charge in [-0.2, -0.15) is 0 Å². The maximum absolute atomic E-state index is 11.0. The van der Waals surface area contributed by atoms with Crippen molar-refractivity contribution in [2.24, 2.45) is 0 Å². The van der Waals surface area contributed by atoms with Crippen molar-refractivity contribution in [2.45, 2.75) is 43.7 Å². The molecule has 0 spiro atoms. The van der Waals surface area contributed by atoms with Crippen LogP contribution in [-0.4, -0.2) is 34.1 Å². The van der Waals surface area contributed by atoms with Crippen LogP contribution in [0.4, 0.5) is 0 Å². The van der Waals surface area contributed by atoms with Gasteiger partial charge < -0.3 is 5.11 Å². The van der Waals surface area contributed by atoms with Gasteiger partial charge in [0.15, 0.2) is 0 Å². The van der Waals surface area contributed by atoms with Crippen molar-refractivity contribution in [3.05, 3.63) is 72.1 Å². The third-order valence-electron chi connectivity index (χ3n) is 5.88. The van der Waals surface area contributed by atoms with Gasteiger partial charge in [-0.1, -0.05) is 42.5 Å². The molecule has 2 heterocycles. The fourth-order valence-electron chi connectivity index (χ4n) is 4.30. The lowest BCUT2D eigenvalue weighted by Gasteiger charge is -2.42. The second-order valence-corrected chi connectivity index (χ2v) is 7.34. The Balaban J connectivity index is 1.37. The zero-order chi connectivity index (χ0) is 17.1. The number of aromatic nitrogens is 1. The standard InChI is InChI=1S/C22H26N2O/c25-22(20-7-4-14-23-17-20)12-8-21(9-13-22)24-15-10-19(11-16-24)18-5-2-1-3-6-18/h1-7,10,14,17,21,25H,8-9,11-13,15-16H2/t21-,22+. The van der Waals surface area contributed by atoms with E-state index in [-0.39, 0.29) is 0 Å². The van der Waals surface area contributed by atoms with Crippen LogP contribution >= 0.6 is 0 Å². The first-order valence-corrected chi connectivity index (χ1v) is 9.36. The van der Waals surface area contributed by atoms with E-state index in [1.54, 1.807) is 6.20 Å². The Morgan fingerprint density at radius 2 is 1.84 bits per heavy atom. The molecule has 1 aromatic heterocycles. The summed E-state index contributed by atoms with van der Waals surface area (Å²) in [5.74, 6) is 0. The molecule has 1 aliphatic carbocycles. The molecule has 130 valence electrons. The molecular formula is C22H26N2O. The highest BCUT2D eigenvalue weighted by atomic mass is 16.3. The van der Waals surface area contributed by atoms with Gasteiger partial charge in [0.1, 0.15) is 0 Å². The summed E-state index contributed by atoms with van der Waals surface area (Å²) in [4.78, 5) is 6.77. The number of benzene rings is 1. The van der Waals surface area contributed by atoms with Gasteiger partial charge in [0.05, 0.1) is 5.60 Å². The molecule has 0 atom stereocenters. The summed E-state index contributed by atoms with van der Waals surface area (Å²) in [5.41, 5.74) is 3.11. The lowest BCUT2D eigenvalue weighted by atomic mass is 9.77. The summed E-state index contributed by atoms with van der Waals surface area (Å²) >= 11 is 0. The highest BCUT2D eigenvalue weighted by molar-refractivity contribution is 5.66. The summed E-state index contributed by atoms with van der Waals surface area (Å²) in [5, 5.41) is 11.0. The maximum Gasteiger partial charge on any atom is 0.0912 e. The molecule has 0 unspecified atom stereocenters. The molecule has 1 N–H and O–H groups in total. The van der Waals surface area contributed by atoms with E-state index in [1.807, 2.05) is 18.3 Å². The Morgan fingerprint density at radius 1 is 1.04 bits per heavy atom. The number of hydrogen-bond donors (Lipinski definition) is 1. The highest BCUT2D eigenvalue weighted by Crippen LogP contribution is 2.39. The zero-order valence-corrected chi connectivity index (χ0v) is 14.6. The Labute approximate surface area is 150 Å². The van der Waals surface area contributed by atoms with Gasteiger partial charge in [0.25, 0.3) is 0 Å². The first-order chi connectivity index (χ1) is 12.2. The van der Waals surface area contributed by atoms with Gasteiger partial charge in [0, 0.05) is 37.1 Å². The number of nitrogens with zero attached hydrogens (tertiary/aromatic N) is 2. The van der Waals surface area contributed by atoms with E-state index in [4.69, 9.17) is 0 Å². The largest absolute Gasteiger partial charge is 0.385 e. The predicted octanol–water partition coefficient (Wildman–Crippen LogP) is 4.00. The van der Waals surface area contributed by atoms with Crippen LogP contribution in [0.5, 0.6) is 0 Å². The van der Waals surface area contributed by atoms with Crippen LogP contribution in [0.1, 0.15) is 43.2 Å². The number of rotatable bonds is 3. The molecular weight excluding hydrogens is 308 g/mol. The fraction of sp³-hybridized carbons (Fsp3) is 0.409. The van der Waals surface area contributed by atoms with Crippen molar-refractivity contribution in [3.8, 4) is 0 Å². The molecule has 0 amide bonds. The van der Waals surface area contributed by atoms with Gasteiger partial charge >= 0.3 is 0 Å². The van der Waals surface area contributed by atoms with Crippen molar-refractivity contribution in [1.82, 2.24) is 9.88 Å². The van der Waals surface area contributed by atoms with Crippen LogP contribution in [0, 0.1) is 0 Å². The quantitative estimate of drug-likeness (QED) is 0.921. The minimum atomic E-state index is -0.689. The van der Waals surface area contributed by atoms with Crippen LogP contribution in [0.3, 0.4) is 0 Å². The molecule has 3 nitrogen and oxygen atoms in total. The predicted molar refractivity (Wildman–Crippen MR) is 101 cm³/mol. The van der Waals surface area contributed by atoms with Gasteiger partial charge in [-0.05, 0) is 49.3 Å². The van der Waals surface area contributed by atoms with Crippen LogP contribution in [0.15, 0.2) is 60.9 Å². The van der Waals surface area contributed by atoms with E-state index in [1.165, 1.54) is 11.1 Å². The third-order valence-corrected chi connectivity index (χ3v) is 5.88. The summed E-state index contributed by atoms with van der Waals surface area (Å²) in [7, 11) is 0. The lowest BCUT2D eigenvalue weighted by molar-refractivity contribution is -0.0240. The first-order valence-electron chi connectivity index (χ1n) is 9.36. The van der Waals surface area contributed by atoms with E-state index in [9.17, 15) is 5.11 Å². The molecule has 2 aromatic rings. The molecule has 2 aliphatic rings. The first kappa shape index (κ1) is 16.5. The Hall–Kier alpha value is -1.97. The lowest BCUT2D eigenvalue weighted by Crippen LogP contribution is -2.44. The SMILES string of the molecule is O[C@]1(c2cccnc2)CC[C@H](N2CC=C(c3ccccc3)CC2)CC1. The smallest absolute Gasteiger partial charge is 0.0912 e. The molecule has 0 bridgehead atoms. The second-order valence-electron chi connectivity index (χ2n) is 7.34. The van der Waals surface area contributed by atoms with Crippen molar-refractivity contribution in [3.63, 3.8) is 0 Å². The van der Waals surface area contributed by atoms with Gasteiger partial charge in [-0.3, -0.25) is 9.88 Å². The molecule has 1 saturated carbocycles. The monoisotopic (exact) mass is 334 g/mol. The Bertz CT molecular complexity index is 718. The van der Waals surface area contributed by atoms with E-state index in [2.05, 4.69) is 46.3 Å². The molecule has 1 aliphatic heterocycles. The summed E-state index contributed by atoms with van der Waals surface area (Å²) in [6, 6.07) is 15.2. The highest BCUT2D eigenvalue weighted by Gasteiger charge is 2.36. The van der Waals surface area contributed by atoms with Crippen molar-refractivity contribution < 1.29 is 5.11 Å². The van der Waals surface area contributed by atoms with Crippen molar-refractivity contribution >= 4 is 5.57 Å². The molecule has 1 fully saturated rings. The van der Waals surface area contributed by atoms with E-state index < -0.39 is 5.60 Å². The zero-order valence-electron chi connectivity index (χ0n) is 14.6. The Morgan fingerprint density at radius 3 is 2.48 bits per heavy atom. The fourth-order valence-corrected chi connectivity index (χ4v) is 4.30. The molecule has 0 saturated heterocycles. The Kier molecular flexibility index (Phi) is 4.69. The van der Waals surface area contributed by atoms with E-state index in [0.29, 0.717) is 6.04 Å². The third kappa shape index (κ3) is 3.53.